The van der Waals surface area contributed by atoms with Crippen molar-refractivity contribution < 1.29 is 4.79 Å². The second kappa shape index (κ2) is 7.24. The Labute approximate surface area is 127 Å². The van der Waals surface area contributed by atoms with Crippen molar-refractivity contribution in [1.82, 2.24) is 4.90 Å². The fourth-order valence-corrected chi connectivity index (χ4v) is 3.12. The highest BCUT2D eigenvalue weighted by molar-refractivity contribution is 6.30. The van der Waals surface area contributed by atoms with Crippen molar-refractivity contribution in [3.05, 3.63) is 34.9 Å². The summed E-state index contributed by atoms with van der Waals surface area (Å²) in [5, 5.41) is 0.671. The van der Waals surface area contributed by atoms with Crippen LogP contribution in [0.5, 0.6) is 0 Å². The third kappa shape index (κ3) is 4.07. The Bertz CT molecular complexity index is 437. The molecule has 2 nitrogen and oxygen atoms in total. The lowest BCUT2D eigenvalue weighted by atomic mass is 9.88. The van der Waals surface area contributed by atoms with Gasteiger partial charge in [0, 0.05) is 17.1 Å². The van der Waals surface area contributed by atoms with Crippen LogP contribution >= 0.6 is 11.6 Å². The first-order valence-electron chi connectivity index (χ1n) is 7.58. The molecule has 1 aliphatic rings. The molecule has 1 aromatic carbocycles. The average molecular weight is 294 g/mol. The summed E-state index contributed by atoms with van der Waals surface area (Å²) in [4.78, 5) is 14.7. The summed E-state index contributed by atoms with van der Waals surface area (Å²) in [7, 11) is 2.06. The molecule has 0 amide bonds. The molecule has 1 saturated carbocycles. The van der Waals surface area contributed by atoms with Crippen LogP contribution in [0.3, 0.4) is 0 Å². The number of hydrogen-bond donors (Lipinski definition) is 0. The first-order chi connectivity index (χ1) is 9.58. The molecule has 0 radical (unpaired) electrons. The van der Waals surface area contributed by atoms with Crippen molar-refractivity contribution in [3.8, 4) is 0 Å². The number of halogens is 1. The van der Waals surface area contributed by atoms with Gasteiger partial charge in [-0.1, -0.05) is 30.9 Å². The molecule has 0 saturated heterocycles. The molecule has 110 valence electrons. The SMILES string of the molecule is CC(C(=O)c1ccc(Cl)cc1)N(C)CC1CCCCC1. The second-order valence-electron chi connectivity index (χ2n) is 5.99. The molecule has 0 spiro atoms. The Kier molecular flexibility index (Phi) is 5.62. The topological polar surface area (TPSA) is 20.3 Å². The van der Waals surface area contributed by atoms with E-state index in [9.17, 15) is 4.79 Å². The van der Waals surface area contributed by atoms with Crippen LogP contribution in [0, 0.1) is 5.92 Å². The lowest BCUT2D eigenvalue weighted by Crippen LogP contribution is -2.39. The summed E-state index contributed by atoms with van der Waals surface area (Å²) in [6.45, 7) is 3.03. The van der Waals surface area contributed by atoms with Gasteiger partial charge in [0.15, 0.2) is 5.78 Å². The van der Waals surface area contributed by atoms with Gasteiger partial charge in [0.2, 0.25) is 0 Å². The van der Waals surface area contributed by atoms with E-state index in [0.717, 1.165) is 18.0 Å². The van der Waals surface area contributed by atoms with Crippen molar-refractivity contribution >= 4 is 17.4 Å². The Morgan fingerprint density at radius 1 is 1.25 bits per heavy atom. The summed E-state index contributed by atoms with van der Waals surface area (Å²) in [6, 6.07) is 7.12. The minimum atomic E-state index is -0.0712. The molecule has 2 rings (SSSR count). The molecular weight excluding hydrogens is 270 g/mol. The maximum absolute atomic E-state index is 12.5. The van der Waals surface area contributed by atoms with Crippen LogP contribution in [0.25, 0.3) is 0 Å². The van der Waals surface area contributed by atoms with Crippen LogP contribution in [-0.2, 0) is 0 Å². The molecule has 1 aromatic rings. The van der Waals surface area contributed by atoms with Crippen molar-refractivity contribution in [3.63, 3.8) is 0 Å². The van der Waals surface area contributed by atoms with E-state index in [0.29, 0.717) is 5.02 Å². The number of benzene rings is 1. The number of ketones is 1. The van der Waals surface area contributed by atoms with E-state index in [-0.39, 0.29) is 11.8 Å². The monoisotopic (exact) mass is 293 g/mol. The Balaban J connectivity index is 1.93. The lowest BCUT2D eigenvalue weighted by Gasteiger charge is -2.30. The number of rotatable bonds is 5. The number of Topliss-reactive ketones (excluding diaryl/α,β-unsaturated/α-hetero) is 1. The third-order valence-corrected chi connectivity index (χ3v) is 4.69. The van der Waals surface area contributed by atoms with Gasteiger partial charge in [0.1, 0.15) is 0 Å². The minimum Gasteiger partial charge on any atom is -0.296 e. The fraction of sp³-hybridized carbons (Fsp3) is 0.588. The Morgan fingerprint density at radius 3 is 2.45 bits per heavy atom. The van der Waals surface area contributed by atoms with Crippen molar-refractivity contribution in [2.45, 2.75) is 45.1 Å². The van der Waals surface area contributed by atoms with Crippen LogP contribution in [-0.4, -0.2) is 30.3 Å². The molecule has 1 fully saturated rings. The summed E-state index contributed by atoms with van der Waals surface area (Å²) in [5.41, 5.74) is 0.748. The van der Waals surface area contributed by atoms with Crippen LogP contribution in [0.2, 0.25) is 5.02 Å². The highest BCUT2D eigenvalue weighted by Gasteiger charge is 2.23. The second-order valence-corrected chi connectivity index (χ2v) is 6.43. The molecule has 0 N–H and O–H groups in total. The Hall–Kier alpha value is -0.860. The molecule has 1 unspecified atom stereocenters. The van der Waals surface area contributed by atoms with E-state index in [4.69, 9.17) is 11.6 Å². The van der Waals surface area contributed by atoms with Gasteiger partial charge in [-0.3, -0.25) is 9.69 Å². The summed E-state index contributed by atoms with van der Waals surface area (Å²) in [5.74, 6) is 0.939. The fourth-order valence-electron chi connectivity index (χ4n) is 2.99. The van der Waals surface area contributed by atoms with Crippen molar-refractivity contribution in [1.29, 1.82) is 0 Å². The van der Waals surface area contributed by atoms with Crippen LogP contribution in [0.15, 0.2) is 24.3 Å². The molecule has 0 aliphatic heterocycles. The van der Waals surface area contributed by atoms with Crippen molar-refractivity contribution in [2.75, 3.05) is 13.6 Å². The number of nitrogens with zero attached hydrogens (tertiary/aromatic N) is 1. The summed E-state index contributed by atoms with van der Waals surface area (Å²) < 4.78 is 0. The molecule has 0 heterocycles. The van der Waals surface area contributed by atoms with Gasteiger partial charge in [-0.05, 0) is 57.0 Å². The molecular formula is C17H24ClNO. The quantitative estimate of drug-likeness (QED) is 0.749. The molecule has 3 heteroatoms. The van der Waals surface area contributed by atoms with Crippen molar-refractivity contribution in [2.24, 2.45) is 5.92 Å². The zero-order chi connectivity index (χ0) is 14.5. The smallest absolute Gasteiger partial charge is 0.179 e. The zero-order valence-electron chi connectivity index (χ0n) is 12.4. The largest absolute Gasteiger partial charge is 0.296 e. The van der Waals surface area contributed by atoms with Crippen LogP contribution < -0.4 is 0 Å². The van der Waals surface area contributed by atoms with E-state index < -0.39 is 0 Å². The predicted molar refractivity (Wildman–Crippen MR) is 84.4 cm³/mol. The molecule has 20 heavy (non-hydrogen) atoms. The molecule has 0 aromatic heterocycles. The predicted octanol–water partition coefficient (Wildman–Crippen LogP) is 4.42. The Morgan fingerprint density at radius 2 is 1.85 bits per heavy atom. The third-order valence-electron chi connectivity index (χ3n) is 4.44. The van der Waals surface area contributed by atoms with Gasteiger partial charge in [-0.2, -0.15) is 0 Å². The van der Waals surface area contributed by atoms with Gasteiger partial charge in [-0.15, -0.1) is 0 Å². The molecule has 1 aliphatic carbocycles. The molecule has 1 atom stereocenters. The van der Waals surface area contributed by atoms with E-state index in [1.54, 1.807) is 12.1 Å². The first kappa shape index (κ1) is 15.5. The highest BCUT2D eigenvalue weighted by atomic mass is 35.5. The van der Waals surface area contributed by atoms with Gasteiger partial charge in [0.05, 0.1) is 6.04 Å². The minimum absolute atomic E-state index is 0.0712. The van der Waals surface area contributed by atoms with Gasteiger partial charge in [0.25, 0.3) is 0 Å². The van der Waals surface area contributed by atoms with E-state index >= 15 is 0 Å². The number of carbonyl (C=O) groups excluding carboxylic acids is 1. The summed E-state index contributed by atoms with van der Waals surface area (Å²) >= 11 is 5.87. The molecule has 0 bridgehead atoms. The van der Waals surface area contributed by atoms with E-state index in [1.807, 2.05) is 19.1 Å². The van der Waals surface area contributed by atoms with E-state index in [1.165, 1.54) is 32.1 Å². The van der Waals surface area contributed by atoms with Gasteiger partial charge in [-0.25, -0.2) is 0 Å². The maximum Gasteiger partial charge on any atom is 0.179 e. The van der Waals surface area contributed by atoms with Gasteiger partial charge >= 0.3 is 0 Å². The lowest BCUT2D eigenvalue weighted by molar-refractivity contribution is 0.0842. The maximum atomic E-state index is 12.5. The number of carbonyl (C=O) groups is 1. The van der Waals surface area contributed by atoms with Crippen LogP contribution in [0.1, 0.15) is 49.4 Å². The van der Waals surface area contributed by atoms with Crippen LogP contribution in [0.4, 0.5) is 0 Å². The zero-order valence-corrected chi connectivity index (χ0v) is 13.2. The number of likely N-dealkylation sites (N-methyl/N-ethyl adjacent to an activating group) is 1. The number of hydrogen-bond acceptors (Lipinski definition) is 2. The average Bonchev–Trinajstić information content (AvgIpc) is 2.47. The highest BCUT2D eigenvalue weighted by Crippen LogP contribution is 2.25. The summed E-state index contributed by atoms with van der Waals surface area (Å²) in [6.07, 6.45) is 6.69. The standard InChI is InChI=1S/C17H24ClNO/c1-13(17(20)15-8-10-16(18)11-9-15)19(2)12-14-6-4-3-5-7-14/h8-11,13-14H,3-7,12H2,1-2H3. The van der Waals surface area contributed by atoms with E-state index in [2.05, 4.69) is 11.9 Å². The normalized spacial score (nSPS) is 18.2. The van der Waals surface area contributed by atoms with Gasteiger partial charge < -0.3 is 0 Å². The first-order valence-corrected chi connectivity index (χ1v) is 7.95.